The van der Waals surface area contributed by atoms with Gasteiger partial charge in [0.2, 0.25) is 5.95 Å². The van der Waals surface area contributed by atoms with E-state index in [4.69, 9.17) is 5.26 Å². The van der Waals surface area contributed by atoms with Gasteiger partial charge < -0.3 is 10.6 Å². The van der Waals surface area contributed by atoms with Crippen molar-refractivity contribution in [2.45, 2.75) is 0 Å². The molecule has 0 fully saturated rings. The minimum Gasteiger partial charge on any atom is -0.357 e. The van der Waals surface area contributed by atoms with Crippen LogP contribution in [0.1, 0.15) is 5.56 Å². The molecule has 0 radical (unpaired) electrons. The van der Waals surface area contributed by atoms with E-state index in [0.29, 0.717) is 23.0 Å². The summed E-state index contributed by atoms with van der Waals surface area (Å²) in [7, 11) is 1.76. The van der Waals surface area contributed by atoms with Crippen LogP contribution in [0.25, 0.3) is 11.4 Å². The first-order valence-corrected chi connectivity index (χ1v) is 7.04. The first-order valence-electron chi connectivity index (χ1n) is 7.04. The second kappa shape index (κ2) is 6.54. The number of rotatable bonds is 4. The molecule has 0 amide bonds. The van der Waals surface area contributed by atoms with Gasteiger partial charge in [-0.05, 0) is 30.3 Å². The van der Waals surface area contributed by atoms with Crippen LogP contribution in [0.3, 0.4) is 0 Å². The van der Waals surface area contributed by atoms with E-state index in [1.54, 1.807) is 25.4 Å². The smallest absolute Gasteiger partial charge is 0.225 e. The standard InChI is InChI=1S/C17H14N6/c1-19-17-22-15(14-7-2-3-8-20-14)10-16(23-17)21-13-6-4-5-12(9-13)11-18/h2-10H,1H3,(H2,19,21,22,23). The molecule has 3 rings (SSSR count). The summed E-state index contributed by atoms with van der Waals surface area (Å²) in [4.78, 5) is 13.1. The predicted molar refractivity (Wildman–Crippen MR) is 89.2 cm³/mol. The number of pyridine rings is 1. The summed E-state index contributed by atoms with van der Waals surface area (Å²) in [6.07, 6.45) is 1.72. The van der Waals surface area contributed by atoms with Crippen LogP contribution in [0.5, 0.6) is 0 Å². The lowest BCUT2D eigenvalue weighted by atomic mass is 10.2. The lowest BCUT2D eigenvalue weighted by molar-refractivity contribution is 1.14. The Morgan fingerprint density at radius 3 is 2.65 bits per heavy atom. The minimum atomic E-state index is 0.493. The number of anilines is 3. The largest absolute Gasteiger partial charge is 0.357 e. The average Bonchev–Trinajstić information content (AvgIpc) is 2.62. The average molecular weight is 302 g/mol. The molecule has 6 nitrogen and oxygen atoms in total. The van der Waals surface area contributed by atoms with E-state index in [1.807, 2.05) is 36.4 Å². The molecule has 2 aromatic heterocycles. The lowest BCUT2D eigenvalue weighted by Crippen LogP contribution is -2.02. The normalized spacial score (nSPS) is 9.91. The third-order valence-corrected chi connectivity index (χ3v) is 3.14. The van der Waals surface area contributed by atoms with Crippen molar-refractivity contribution in [3.8, 4) is 17.5 Å². The number of nitriles is 1. The summed E-state index contributed by atoms with van der Waals surface area (Å²) >= 11 is 0. The molecular formula is C17H14N6. The molecule has 0 atom stereocenters. The van der Waals surface area contributed by atoms with Gasteiger partial charge in [-0.1, -0.05) is 12.1 Å². The molecule has 6 heteroatoms. The molecule has 2 N–H and O–H groups in total. The topological polar surface area (TPSA) is 86.5 Å². The fourth-order valence-corrected chi connectivity index (χ4v) is 2.08. The van der Waals surface area contributed by atoms with E-state index in [2.05, 4.69) is 31.7 Å². The number of nitrogens with zero attached hydrogens (tertiary/aromatic N) is 4. The maximum absolute atomic E-state index is 8.98. The van der Waals surface area contributed by atoms with Gasteiger partial charge in [-0.15, -0.1) is 0 Å². The third-order valence-electron chi connectivity index (χ3n) is 3.14. The summed E-state index contributed by atoms with van der Waals surface area (Å²) in [5.74, 6) is 1.12. The van der Waals surface area contributed by atoms with E-state index in [0.717, 1.165) is 11.4 Å². The van der Waals surface area contributed by atoms with Gasteiger partial charge in [0.25, 0.3) is 0 Å². The summed E-state index contributed by atoms with van der Waals surface area (Å²) in [5, 5.41) is 15.1. The molecule has 0 unspecified atom stereocenters. The Morgan fingerprint density at radius 2 is 1.91 bits per heavy atom. The summed E-state index contributed by atoms with van der Waals surface area (Å²) in [5.41, 5.74) is 2.85. The van der Waals surface area contributed by atoms with Crippen molar-refractivity contribution in [1.29, 1.82) is 5.26 Å². The molecule has 0 spiro atoms. The number of nitrogens with one attached hydrogen (secondary N) is 2. The molecule has 0 saturated carbocycles. The number of benzene rings is 1. The molecule has 0 saturated heterocycles. The fourth-order valence-electron chi connectivity index (χ4n) is 2.08. The van der Waals surface area contributed by atoms with Crippen LogP contribution in [0.2, 0.25) is 0 Å². The molecule has 2 heterocycles. The number of hydrogen-bond acceptors (Lipinski definition) is 6. The Bertz CT molecular complexity index is 854. The molecular weight excluding hydrogens is 288 g/mol. The molecule has 23 heavy (non-hydrogen) atoms. The van der Waals surface area contributed by atoms with Crippen LogP contribution >= 0.6 is 0 Å². The van der Waals surface area contributed by atoms with Gasteiger partial charge in [-0.2, -0.15) is 10.2 Å². The highest BCUT2D eigenvalue weighted by molar-refractivity contribution is 5.65. The van der Waals surface area contributed by atoms with Crippen molar-refractivity contribution < 1.29 is 0 Å². The van der Waals surface area contributed by atoms with E-state index < -0.39 is 0 Å². The van der Waals surface area contributed by atoms with E-state index in [-0.39, 0.29) is 0 Å². The van der Waals surface area contributed by atoms with E-state index >= 15 is 0 Å². The summed E-state index contributed by atoms with van der Waals surface area (Å²) in [6, 6.07) is 16.8. The van der Waals surface area contributed by atoms with Gasteiger partial charge in [0, 0.05) is 25.0 Å². The van der Waals surface area contributed by atoms with Crippen molar-refractivity contribution in [3.63, 3.8) is 0 Å². The molecule has 0 aliphatic rings. The van der Waals surface area contributed by atoms with Gasteiger partial charge in [-0.3, -0.25) is 4.98 Å². The summed E-state index contributed by atoms with van der Waals surface area (Å²) in [6.45, 7) is 0. The Labute approximate surface area is 133 Å². The molecule has 3 aromatic rings. The Balaban J connectivity index is 1.97. The molecule has 0 aliphatic carbocycles. The Morgan fingerprint density at radius 1 is 1.00 bits per heavy atom. The van der Waals surface area contributed by atoms with Crippen molar-refractivity contribution in [3.05, 3.63) is 60.3 Å². The molecule has 0 aliphatic heterocycles. The van der Waals surface area contributed by atoms with Crippen LogP contribution in [0.4, 0.5) is 17.5 Å². The summed E-state index contributed by atoms with van der Waals surface area (Å²) < 4.78 is 0. The highest BCUT2D eigenvalue weighted by atomic mass is 15.1. The zero-order chi connectivity index (χ0) is 16.1. The first-order chi connectivity index (χ1) is 11.3. The Hall–Kier alpha value is -3.46. The van der Waals surface area contributed by atoms with Gasteiger partial charge in [0.05, 0.1) is 23.0 Å². The van der Waals surface area contributed by atoms with Crippen LogP contribution in [-0.2, 0) is 0 Å². The highest BCUT2D eigenvalue weighted by Crippen LogP contribution is 2.22. The monoisotopic (exact) mass is 302 g/mol. The maximum atomic E-state index is 8.98. The fraction of sp³-hybridized carbons (Fsp3) is 0.0588. The van der Waals surface area contributed by atoms with Crippen LogP contribution in [0.15, 0.2) is 54.7 Å². The quantitative estimate of drug-likeness (QED) is 0.769. The van der Waals surface area contributed by atoms with E-state index in [1.165, 1.54) is 0 Å². The van der Waals surface area contributed by atoms with Crippen molar-refractivity contribution >= 4 is 17.5 Å². The molecule has 1 aromatic carbocycles. The second-order valence-electron chi connectivity index (χ2n) is 4.74. The molecule has 0 bridgehead atoms. The van der Waals surface area contributed by atoms with Crippen LogP contribution in [-0.4, -0.2) is 22.0 Å². The molecule has 112 valence electrons. The third kappa shape index (κ3) is 3.41. The van der Waals surface area contributed by atoms with Gasteiger partial charge in [-0.25, -0.2) is 4.98 Å². The first kappa shape index (κ1) is 14.5. The van der Waals surface area contributed by atoms with Gasteiger partial charge in [0.1, 0.15) is 5.82 Å². The minimum absolute atomic E-state index is 0.493. The van der Waals surface area contributed by atoms with Crippen molar-refractivity contribution in [2.24, 2.45) is 0 Å². The number of hydrogen-bond donors (Lipinski definition) is 2. The van der Waals surface area contributed by atoms with Crippen LogP contribution < -0.4 is 10.6 Å². The zero-order valence-corrected chi connectivity index (χ0v) is 12.5. The zero-order valence-electron chi connectivity index (χ0n) is 12.5. The Kier molecular flexibility index (Phi) is 4.11. The van der Waals surface area contributed by atoms with Crippen LogP contribution in [0, 0.1) is 11.3 Å². The lowest BCUT2D eigenvalue weighted by Gasteiger charge is -2.09. The second-order valence-corrected chi connectivity index (χ2v) is 4.74. The SMILES string of the molecule is CNc1nc(Nc2cccc(C#N)c2)cc(-c2ccccn2)n1. The van der Waals surface area contributed by atoms with E-state index in [9.17, 15) is 0 Å². The van der Waals surface area contributed by atoms with Crippen molar-refractivity contribution in [2.75, 3.05) is 17.7 Å². The van der Waals surface area contributed by atoms with Gasteiger partial charge >= 0.3 is 0 Å². The number of aromatic nitrogens is 3. The predicted octanol–water partition coefficient (Wildman–Crippen LogP) is 3.20. The van der Waals surface area contributed by atoms with Crippen molar-refractivity contribution in [1.82, 2.24) is 15.0 Å². The van der Waals surface area contributed by atoms with Gasteiger partial charge in [0.15, 0.2) is 0 Å². The highest BCUT2D eigenvalue weighted by Gasteiger charge is 2.07. The maximum Gasteiger partial charge on any atom is 0.225 e.